The van der Waals surface area contributed by atoms with E-state index in [1.54, 1.807) is 0 Å². The summed E-state index contributed by atoms with van der Waals surface area (Å²) in [6, 6.07) is 0. The zero-order valence-electron chi connectivity index (χ0n) is 11.0. The molecule has 3 heteroatoms. The van der Waals surface area contributed by atoms with Gasteiger partial charge in [0.25, 0.3) is 0 Å². The minimum atomic E-state index is -0.114. The predicted molar refractivity (Wildman–Crippen MR) is 67.4 cm³/mol. The van der Waals surface area contributed by atoms with Crippen LogP contribution < -0.4 is 5.32 Å². The van der Waals surface area contributed by atoms with Crippen molar-refractivity contribution in [3.63, 3.8) is 0 Å². The molecule has 0 saturated carbocycles. The monoisotopic (exact) mass is 226 g/mol. The van der Waals surface area contributed by atoms with Crippen molar-refractivity contribution in [2.24, 2.45) is 5.41 Å². The summed E-state index contributed by atoms with van der Waals surface area (Å²) in [6.45, 7) is 7.10. The summed E-state index contributed by atoms with van der Waals surface area (Å²) in [5, 5.41) is 3.39. The minimum absolute atomic E-state index is 0.114. The van der Waals surface area contributed by atoms with E-state index < -0.39 is 0 Å². The minimum Gasteiger partial charge on any atom is -0.345 e. The average Bonchev–Trinajstić information content (AvgIpc) is 2.30. The van der Waals surface area contributed by atoms with Gasteiger partial charge in [-0.2, -0.15) is 0 Å². The van der Waals surface area contributed by atoms with Crippen LogP contribution in [0.25, 0.3) is 0 Å². The smallest absolute Gasteiger partial charge is 0.229 e. The zero-order valence-corrected chi connectivity index (χ0v) is 11.0. The molecule has 1 unspecified atom stereocenters. The van der Waals surface area contributed by atoms with E-state index in [1.807, 2.05) is 11.9 Å². The number of piperidine rings is 1. The van der Waals surface area contributed by atoms with Crippen molar-refractivity contribution in [3.05, 3.63) is 0 Å². The molecule has 1 aliphatic heterocycles. The van der Waals surface area contributed by atoms with E-state index in [1.165, 1.54) is 0 Å². The second-order valence-corrected chi connectivity index (χ2v) is 5.04. The molecule has 1 rings (SSSR count). The van der Waals surface area contributed by atoms with Crippen LogP contribution in [0.2, 0.25) is 0 Å². The van der Waals surface area contributed by atoms with Gasteiger partial charge in [0.05, 0.1) is 5.41 Å². The fourth-order valence-corrected chi connectivity index (χ4v) is 2.79. The summed E-state index contributed by atoms with van der Waals surface area (Å²) in [6.07, 6.45) is 5.34. The highest BCUT2D eigenvalue weighted by atomic mass is 16.2. The molecule has 0 aromatic carbocycles. The Labute approximate surface area is 99.6 Å². The number of amides is 1. The molecule has 3 nitrogen and oxygen atoms in total. The summed E-state index contributed by atoms with van der Waals surface area (Å²) >= 11 is 0. The highest BCUT2D eigenvalue weighted by Gasteiger charge is 2.40. The highest BCUT2D eigenvalue weighted by Crippen LogP contribution is 2.33. The van der Waals surface area contributed by atoms with Crippen LogP contribution in [0.3, 0.4) is 0 Å². The Morgan fingerprint density at radius 2 is 2.12 bits per heavy atom. The van der Waals surface area contributed by atoms with Crippen LogP contribution in [0.5, 0.6) is 0 Å². The Bertz CT molecular complexity index is 216. The van der Waals surface area contributed by atoms with E-state index >= 15 is 0 Å². The van der Waals surface area contributed by atoms with E-state index in [4.69, 9.17) is 0 Å². The molecule has 16 heavy (non-hydrogen) atoms. The van der Waals surface area contributed by atoms with Crippen LogP contribution in [0.1, 0.15) is 46.0 Å². The Hall–Kier alpha value is -0.570. The van der Waals surface area contributed by atoms with E-state index in [2.05, 4.69) is 19.2 Å². The molecule has 94 valence electrons. The number of hydrogen-bond donors (Lipinski definition) is 1. The second kappa shape index (κ2) is 6.24. The zero-order chi connectivity index (χ0) is 12.0. The van der Waals surface area contributed by atoms with Crippen molar-refractivity contribution in [2.75, 3.05) is 26.7 Å². The largest absolute Gasteiger partial charge is 0.345 e. The van der Waals surface area contributed by atoms with Crippen molar-refractivity contribution in [1.82, 2.24) is 10.2 Å². The average molecular weight is 226 g/mol. The van der Waals surface area contributed by atoms with E-state index in [0.29, 0.717) is 5.91 Å². The predicted octanol–water partition coefficient (Wildman–Crippen LogP) is 2.02. The molecular formula is C13H26N2O. The molecule has 0 aromatic rings. The van der Waals surface area contributed by atoms with Gasteiger partial charge in [-0.05, 0) is 32.2 Å². The van der Waals surface area contributed by atoms with Gasteiger partial charge in [-0.15, -0.1) is 0 Å². The van der Waals surface area contributed by atoms with E-state index in [9.17, 15) is 4.79 Å². The van der Waals surface area contributed by atoms with Gasteiger partial charge in [-0.1, -0.05) is 20.3 Å². The van der Waals surface area contributed by atoms with Crippen LogP contribution in [0.4, 0.5) is 0 Å². The maximum absolute atomic E-state index is 12.5. The molecule has 0 spiro atoms. The van der Waals surface area contributed by atoms with Crippen molar-refractivity contribution in [2.45, 2.75) is 46.0 Å². The molecule has 1 atom stereocenters. The van der Waals surface area contributed by atoms with Crippen molar-refractivity contribution in [1.29, 1.82) is 0 Å². The third-order valence-electron chi connectivity index (χ3n) is 3.56. The SMILES string of the molecule is CCCN(C)C(=O)C1(CCC)CCCNC1. The third kappa shape index (κ3) is 2.97. The molecule has 1 N–H and O–H groups in total. The van der Waals surface area contributed by atoms with Crippen molar-refractivity contribution in [3.8, 4) is 0 Å². The summed E-state index contributed by atoms with van der Waals surface area (Å²) in [5.41, 5.74) is -0.114. The van der Waals surface area contributed by atoms with Crippen LogP contribution in [0.15, 0.2) is 0 Å². The van der Waals surface area contributed by atoms with Crippen molar-refractivity contribution >= 4 is 5.91 Å². The summed E-state index contributed by atoms with van der Waals surface area (Å²) in [7, 11) is 1.94. The maximum atomic E-state index is 12.5. The van der Waals surface area contributed by atoms with Gasteiger partial charge < -0.3 is 10.2 Å². The number of rotatable bonds is 5. The highest BCUT2D eigenvalue weighted by molar-refractivity contribution is 5.83. The maximum Gasteiger partial charge on any atom is 0.229 e. The Kier molecular flexibility index (Phi) is 5.26. The normalized spacial score (nSPS) is 25.4. The van der Waals surface area contributed by atoms with Gasteiger partial charge in [0.1, 0.15) is 0 Å². The van der Waals surface area contributed by atoms with Crippen LogP contribution >= 0.6 is 0 Å². The van der Waals surface area contributed by atoms with Crippen molar-refractivity contribution < 1.29 is 4.79 Å². The Balaban J connectivity index is 2.71. The quantitative estimate of drug-likeness (QED) is 0.778. The molecule has 0 bridgehead atoms. The van der Waals surface area contributed by atoms with Gasteiger partial charge in [0.15, 0.2) is 0 Å². The van der Waals surface area contributed by atoms with Crippen LogP contribution in [-0.2, 0) is 4.79 Å². The van der Waals surface area contributed by atoms with Gasteiger partial charge in [0, 0.05) is 20.1 Å². The molecule has 1 heterocycles. The lowest BCUT2D eigenvalue weighted by atomic mass is 9.76. The van der Waals surface area contributed by atoms with Gasteiger partial charge in [0.2, 0.25) is 5.91 Å². The molecule has 1 saturated heterocycles. The first kappa shape index (κ1) is 13.5. The van der Waals surface area contributed by atoms with E-state index in [-0.39, 0.29) is 5.41 Å². The molecular weight excluding hydrogens is 200 g/mol. The lowest BCUT2D eigenvalue weighted by molar-refractivity contribution is -0.142. The number of carbonyl (C=O) groups excluding carboxylic acids is 1. The molecule has 1 aliphatic rings. The topological polar surface area (TPSA) is 32.3 Å². The fourth-order valence-electron chi connectivity index (χ4n) is 2.79. The van der Waals surface area contributed by atoms with Gasteiger partial charge in [-0.25, -0.2) is 0 Å². The fraction of sp³-hybridized carbons (Fsp3) is 0.923. The van der Waals surface area contributed by atoms with Gasteiger partial charge in [-0.3, -0.25) is 4.79 Å². The molecule has 0 radical (unpaired) electrons. The van der Waals surface area contributed by atoms with E-state index in [0.717, 1.165) is 51.7 Å². The number of hydrogen-bond acceptors (Lipinski definition) is 2. The standard InChI is InChI=1S/C13H26N2O/c1-4-7-13(8-6-9-14-11-13)12(16)15(3)10-5-2/h14H,4-11H2,1-3H3. The number of nitrogens with one attached hydrogen (secondary N) is 1. The number of nitrogens with zero attached hydrogens (tertiary/aromatic N) is 1. The lowest BCUT2D eigenvalue weighted by Gasteiger charge is -2.39. The Morgan fingerprint density at radius 3 is 2.62 bits per heavy atom. The van der Waals surface area contributed by atoms with Gasteiger partial charge >= 0.3 is 0 Å². The Morgan fingerprint density at radius 1 is 1.38 bits per heavy atom. The molecule has 0 aromatic heterocycles. The van der Waals surface area contributed by atoms with Crippen LogP contribution in [0, 0.1) is 5.41 Å². The third-order valence-corrected chi connectivity index (χ3v) is 3.56. The summed E-state index contributed by atoms with van der Waals surface area (Å²) < 4.78 is 0. The first-order chi connectivity index (χ1) is 7.66. The first-order valence-corrected chi connectivity index (χ1v) is 6.62. The number of carbonyl (C=O) groups is 1. The molecule has 0 aliphatic carbocycles. The molecule has 1 amide bonds. The summed E-state index contributed by atoms with van der Waals surface area (Å²) in [4.78, 5) is 14.4. The van der Waals surface area contributed by atoms with Crippen LogP contribution in [-0.4, -0.2) is 37.5 Å². The second-order valence-electron chi connectivity index (χ2n) is 5.04. The lowest BCUT2D eigenvalue weighted by Crippen LogP contribution is -2.51. The summed E-state index contributed by atoms with van der Waals surface area (Å²) in [5.74, 6) is 0.350. The first-order valence-electron chi connectivity index (χ1n) is 6.62. The molecule has 1 fully saturated rings.